The van der Waals surface area contributed by atoms with Gasteiger partial charge in [0, 0.05) is 10.5 Å². The van der Waals surface area contributed by atoms with E-state index in [1.165, 1.54) is 27.4 Å². The number of nitrogens with one attached hydrogen (secondary N) is 1. The van der Waals surface area contributed by atoms with Gasteiger partial charge in [0.15, 0.2) is 11.5 Å². The van der Waals surface area contributed by atoms with E-state index in [-0.39, 0.29) is 5.91 Å². The van der Waals surface area contributed by atoms with Gasteiger partial charge < -0.3 is 14.2 Å². The summed E-state index contributed by atoms with van der Waals surface area (Å²) >= 11 is 6.82. The first-order valence-electron chi connectivity index (χ1n) is 7.75. The number of nitrogens with zero attached hydrogens (tertiary/aromatic N) is 1. The Labute approximate surface area is 174 Å². The number of halogens is 2. The fourth-order valence-electron chi connectivity index (χ4n) is 2.18. The number of hydrazone groups is 1. The first-order valence-corrected chi connectivity index (χ1v) is 9.34. The van der Waals surface area contributed by atoms with Crippen LogP contribution in [0.1, 0.15) is 11.1 Å². The molecule has 142 valence electrons. The van der Waals surface area contributed by atoms with Crippen LogP contribution in [0, 0.1) is 0 Å². The summed E-state index contributed by atoms with van der Waals surface area (Å²) in [5, 5.41) is 3.93. The van der Waals surface area contributed by atoms with Crippen LogP contribution in [0.4, 0.5) is 0 Å². The van der Waals surface area contributed by atoms with Crippen molar-refractivity contribution in [2.45, 2.75) is 0 Å². The molecule has 0 unspecified atom stereocenters. The Morgan fingerprint density at radius 1 is 1.04 bits per heavy atom. The number of hydrogen-bond acceptors (Lipinski definition) is 5. The van der Waals surface area contributed by atoms with Gasteiger partial charge in [-0.25, -0.2) is 5.43 Å². The normalized spacial score (nSPS) is 11.0. The minimum absolute atomic E-state index is 0.371. The summed E-state index contributed by atoms with van der Waals surface area (Å²) in [7, 11) is 4.58. The molecule has 0 heterocycles. The molecule has 0 saturated carbocycles. The zero-order valence-corrected chi connectivity index (χ0v) is 18.1. The number of carbonyl (C=O) groups is 1. The largest absolute Gasteiger partial charge is 0.493 e. The van der Waals surface area contributed by atoms with Crippen LogP contribution in [0.25, 0.3) is 6.08 Å². The highest BCUT2D eigenvalue weighted by molar-refractivity contribution is 9.10. The van der Waals surface area contributed by atoms with E-state index in [2.05, 4.69) is 42.4 Å². The lowest BCUT2D eigenvalue weighted by Gasteiger charge is -2.15. The van der Waals surface area contributed by atoms with E-state index in [9.17, 15) is 4.79 Å². The molecule has 1 N–H and O–H groups in total. The molecule has 1 amide bonds. The zero-order valence-electron chi connectivity index (χ0n) is 15.0. The summed E-state index contributed by atoms with van der Waals surface area (Å²) in [6.07, 6.45) is 4.55. The van der Waals surface area contributed by atoms with Crippen LogP contribution >= 0.6 is 31.9 Å². The van der Waals surface area contributed by atoms with E-state index in [4.69, 9.17) is 14.2 Å². The van der Waals surface area contributed by atoms with Gasteiger partial charge in [0.2, 0.25) is 5.75 Å². The van der Waals surface area contributed by atoms with Gasteiger partial charge in [-0.3, -0.25) is 4.79 Å². The molecule has 0 bridgehead atoms. The second-order valence-corrected chi connectivity index (χ2v) is 6.88. The van der Waals surface area contributed by atoms with E-state index in [0.29, 0.717) is 27.3 Å². The second-order valence-electron chi connectivity index (χ2n) is 5.17. The van der Waals surface area contributed by atoms with Crippen molar-refractivity contribution in [2.75, 3.05) is 21.3 Å². The molecule has 0 aliphatic rings. The maximum Gasteiger partial charge on any atom is 0.264 e. The molecule has 8 heteroatoms. The maximum atomic E-state index is 12.0. The lowest BCUT2D eigenvalue weighted by molar-refractivity contribution is -0.116. The fraction of sp³-hybridized carbons (Fsp3) is 0.158. The number of carbonyl (C=O) groups excluding carboxylic acids is 1. The van der Waals surface area contributed by atoms with Gasteiger partial charge in [-0.05, 0) is 51.3 Å². The number of hydrogen-bond donors (Lipinski definition) is 1. The summed E-state index contributed by atoms with van der Waals surface area (Å²) in [6.45, 7) is 0. The van der Waals surface area contributed by atoms with Crippen molar-refractivity contribution in [3.63, 3.8) is 0 Å². The van der Waals surface area contributed by atoms with Gasteiger partial charge in [0.05, 0.1) is 32.0 Å². The fourth-order valence-corrected chi connectivity index (χ4v) is 3.04. The van der Waals surface area contributed by atoms with E-state index >= 15 is 0 Å². The van der Waals surface area contributed by atoms with Crippen LogP contribution in [0.2, 0.25) is 0 Å². The number of benzene rings is 2. The highest BCUT2D eigenvalue weighted by Gasteiger charge is 2.17. The van der Waals surface area contributed by atoms with Crippen LogP contribution in [0.5, 0.6) is 17.2 Å². The van der Waals surface area contributed by atoms with Gasteiger partial charge in [-0.2, -0.15) is 5.10 Å². The third-order valence-corrected chi connectivity index (χ3v) is 4.82. The Morgan fingerprint density at radius 2 is 1.70 bits per heavy atom. The van der Waals surface area contributed by atoms with Crippen molar-refractivity contribution >= 4 is 50.1 Å². The molecule has 0 saturated heterocycles. The number of amides is 1. The Balaban J connectivity index is 2.12. The minimum atomic E-state index is -0.371. The Bertz CT molecular complexity index is 865. The summed E-state index contributed by atoms with van der Waals surface area (Å²) in [5.41, 5.74) is 4.01. The molecular formula is C19H18Br2N2O4. The third-order valence-electron chi connectivity index (χ3n) is 3.47. The molecule has 2 rings (SSSR count). The molecule has 6 nitrogen and oxygen atoms in total. The van der Waals surface area contributed by atoms with Crippen molar-refractivity contribution in [3.05, 3.63) is 56.5 Å². The molecule has 0 spiro atoms. The van der Waals surface area contributed by atoms with Gasteiger partial charge in [-0.15, -0.1) is 0 Å². The average Bonchev–Trinajstić information content (AvgIpc) is 2.68. The highest BCUT2D eigenvalue weighted by atomic mass is 79.9. The van der Waals surface area contributed by atoms with Crippen LogP contribution in [-0.2, 0) is 4.79 Å². The molecule has 0 radical (unpaired) electrons. The summed E-state index contributed by atoms with van der Waals surface area (Å²) in [4.78, 5) is 12.0. The first kappa shape index (κ1) is 21.0. The van der Waals surface area contributed by atoms with Crippen LogP contribution < -0.4 is 19.6 Å². The topological polar surface area (TPSA) is 69.2 Å². The van der Waals surface area contributed by atoms with Crippen molar-refractivity contribution in [1.82, 2.24) is 5.43 Å². The molecule has 0 fully saturated rings. The second kappa shape index (κ2) is 10.1. The van der Waals surface area contributed by atoms with Gasteiger partial charge in [-0.1, -0.05) is 28.1 Å². The van der Waals surface area contributed by atoms with Crippen LogP contribution in [0.3, 0.4) is 0 Å². The molecule has 27 heavy (non-hydrogen) atoms. The predicted molar refractivity (Wildman–Crippen MR) is 113 cm³/mol. The van der Waals surface area contributed by atoms with Crippen molar-refractivity contribution < 1.29 is 19.0 Å². The molecule has 0 aliphatic heterocycles. The third kappa shape index (κ3) is 5.58. The van der Waals surface area contributed by atoms with Crippen LogP contribution in [-0.4, -0.2) is 33.5 Å². The van der Waals surface area contributed by atoms with Crippen molar-refractivity contribution in [1.29, 1.82) is 0 Å². The molecule has 0 aliphatic carbocycles. The lowest BCUT2D eigenvalue weighted by atomic mass is 10.1. The zero-order chi connectivity index (χ0) is 19.8. The van der Waals surface area contributed by atoms with Gasteiger partial charge >= 0.3 is 0 Å². The molecule has 2 aromatic carbocycles. The minimum Gasteiger partial charge on any atom is -0.493 e. The number of ether oxygens (including phenoxy) is 3. The van der Waals surface area contributed by atoms with E-state index in [1.807, 2.05) is 24.3 Å². The van der Waals surface area contributed by atoms with Crippen molar-refractivity contribution in [3.8, 4) is 17.2 Å². The van der Waals surface area contributed by atoms with Crippen molar-refractivity contribution in [2.24, 2.45) is 5.10 Å². The summed E-state index contributed by atoms with van der Waals surface area (Å²) in [5.74, 6) is 1.06. The quantitative estimate of drug-likeness (QED) is 0.349. The highest BCUT2D eigenvalue weighted by Crippen LogP contribution is 2.45. The smallest absolute Gasteiger partial charge is 0.264 e. The monoisotopic (exact) mass is 496 g/mol. The van der Waals surface area contributed by atoms with Gasteiger partial charge in [0.25, 0.3) is 5.91 Å². The maximum absolute atomic E-state index is 12.0. The summed E-state index contributed by atoms with van der Waals surface area (Å²) < 4.78 is 17.6. The Hall–Kier alpha value is -2.32. The Morgan fingerprint density at radius 3 is 2.30 bits per heavy atom. The molecule has 2 aromatic rings. The Kier molecular flexibility index (Phi) is 7.87. The molecule has 0 aromatic heterocycles. The first-order chi connectivity index (χ1) is 13.0. The standard InChI is InChI=1S/C19H18Br2N2O4/c1-25-15-10-13(17(21)19(27-3)18(15)26-2)6-9-16(24)23-22-11-12-4-7-14(20)8-5-12/h4-11H,1-3H3,(H,23,24)/b9-6+,22-11+. The van der Waals surface area contributed by atoms with E-state index < -0.39 is 0 Å². The lowest BCUT2D eigenvalue weighted by Crippen LogP contribution is -2.14. The average molecular weight is 498 g/mol. The summed E-state index contributed by atoms with van der Waals surface area (Å²) in [6, 6.07) is 9.28. The SMILES string of the molecule is COc1cc(/C=C/C(=O)N/N=C/c2ccc(Br)cc2)c(Br)c(OC)c1OC. The molecule has 0 atom stereocenters. The molecular weight excluding hydrogens is 480 g/mol. The van der Waals surface area contributed by atoms with Gasteiger partial charge in [0.1, 0.15) is 0 Å². The van der Waals surface area contributed by atoms with E-state index in [0.717, 1.165) is 10.0 Å². The van der Waals surface area contributed by atoms with E-state index in [1.54, 1.807) is 18.4 Å². The van der Waals surface area contributed by atoms with Crippen LogP contribution in [0.15, 0.2) is 50.5 Å². The number of methoxy groups -OCH3 is 3. The predicted octanol–water partition coefficient (Wildman–Crippen LogP) is 4.40. The number of rotatable bonds is 7.